The third kappa shape index (κ3) is 4.26. The number of urea groups is 2. The molecule has 1 saturated heterocycles. The second kappa shape index (κ2) is 6.48. The van der Waals surface area contributed by atoms with Crippen molar-refractivity contribution in [2.45, 2.75) is 12.8 Å². The van der Waals surface area contributed by atoms with Crippen LogP contribution >= 0.6 is 11.8 Å². The number of nitrogens with zero attached hydrogens (tertiary/aromatic N) is 3. The van der Waals surface area contributed by atoms with Gasteiger partial charge in [0.1, 0.15) is 0 Å². The Morgan fingerprint density at radius 1 is 1.29 bits per heavy atom. The van der Waals surface area contributed by atoms with Gasteiger partial charge in [-0.25, -0.2) is 9.59 Å². The van der Waals surface area contributed by atoms with Gasteiger partial charge in [-0.15, -0.1) is 0 Å². The quantitative estimate of drug-likeness (QED) is 0.524. The molecule has 0 spiro atoms. The summed E-state index contributed by atoms with van der Waals surface area (Å²) in [6, 6.07) is -0.557. The van der Waals surface area contributed by atoms with Crippen molar-refractivity contribution in [2.24, 2.45) is 4.99 Å². The van der Waals surface area contributed by atoms with Gasteiger partial charge in [-0.3, -0.25) is 5.32 Å². The van der Waals surface area contributed by atoms with Gasteiger partial charge >= 0.3 is 12.1 Å². The Hall–Kier alpha value is -1.24. The molecule has 4 amide bonds. The van der Waals surface area contributed by atoms with E-state index in [-0.39, 0.29) is 12.1 Å². The average molecular weight is 258 g/mol. The largest absolute Gasteiger partial charge is 0.345 e. The van der Waals surface area contributed by atoms with Crippen LogP contribution < -0.4 is 5.32 Å². The fourth-order valence-corrected chi connectivity index (χ4v) is 1.76. The molecule has 6 nitrogen and oxygen atoms in total. The van der Waals surface area contributed by atoms with E-state index in [0.29, 0.717) is 5.17 Å². The fourth-order valence-electron chi connectivity index (χ4n) is 1.40. The van der Waals surface area contributed by atoms with Crippen LogP contribution in [0.2, 0.25) is 0 Å². The Balaban J connectivity index is 2.56. The minimum atomic E-state index is -0.379. The van der Waals surface area contributed by atoms with E-state index in [0.717, 1.165) is 25.9 Å². The fraction of sp³-hybridized carbons (Fsp3) is 0.700. The van der Waals surface area contributed by atoms with E-state index < -0.39 is 0 Å². The van der Waals surface area contributed by atoms with Gasteiger partial charge in [0.05, 0.1) is 0 Å². The minimum Gasteiger partial charge on any atom is -0.329 e. The number of hydrogen-bond acceptors (Lipinski definition) is 3. The highest BCUT2D eigenvalue weighted by molar-refractivity contribution is 8.13. The Morgan fingerprint density at radius 3 is 2.35 bits per heavy atom. The van der Waals surface area contributed by atoms with Gasteiger partial charge in [0.15, 0.2) is 5.17 Å². The van der Waals surface area contributed by atoms with Gasteiger partial charge in [-0.05, 0) is 19.1 Å². The lowest BCUT2D eigenvalue weighted by atomic mass is 10.4. The topological polar surface area (TPSA) is 65.0 Å². The zero-order valence-electron chi connectivity index (χ0n) is 10.4. The van der Waals surface area contributed by atoms with E-state index in [2.05, 4.69) is 10.3 Å². The molecule has 1 heterocycles. The normalized spacial score (nSPS) is 15.9. The Kier molecular flexibility index (Phi) is 5.27. The van der Waals surface area contributed by atoms with Gasteiger partial charge in [0.2, 0.25) is 0 Å². The van der Waals surface area contributed by atoms with Crippen LogP contribution in [0.15, 0.2) is 4.99 Å². The van der Waals surface area contributed by atoms with Crippen LogP contribution in [-0.2, 0) is 0 Å². The number of hydrogen-bond donors (Lipinski definition) is 1. The summed E-state index contributed by atoms with van der Waals surface area (Å²) in [5.41, 5.74) is 0. The molecule has 0 atom stereocenters. The number of carbonyl (C=O) groups excluding carboxylic acids is 2. The first kappa shape index (κ1) is 13.8. The lowest BCUT2D eigenvalue weighted by Gasteiger charge is -2.16. The number of likely N-dealkylation sites (tertiary alicyclic amines) is 1. The maximum absolute atomic E-state index is 11.8. The smallest absolute Gasteiger partial charge is 0.329 e. The molecule has 1 rings (SSSR count). The van der Waals surface area contributed by atoms with Crippen LogP contribution in [0, 0.1) is 0 Å². The third-order valence-electron chi connectivity index (χ3n) is 2.38. The third-order valence-corrected chi connectivity index (χ3v) is 2.96. The highest BCUT2D eigenvalue weighted by Gasteiger charge is 2.19. The number of rotatable bonds is 0. The minimum absolute atomic E-state index is 0.179. The zero-order chi connectivity index (χ0) is 12.8. The first-order valence-corrected chi connectivity index (χ1v) is 6.67. The molecule has 7 heteroatoms. The molecule has 0 saturated carbocycles. The predicted octanol–water partition coefficient (Wildman–Crippen LogP) is 1.19. The molecule has 0 bridgehead atoms. The summed E-state index contributed by atoms with van der Waals surface area (Å²) in [5.74, 6) is 0. The van der Waals surface area contributed by atoms with Crippen molar-refractivity contribution < 1.29 is 9.59 Å². The SMILES string of the molecule is CSC(=NC(=O)N(C)C)NC(=O)N1CCCC1. The van der Waals surface area contributed by atoms with Gasteiger partial charge in [-0.2, -0.15) is 4.99 Å². The Bertz CT molecular complexity index is 324. The van der Waals surface area contributed by atoms with Crippen LogP contribution in [0.25, 0.3) is 0 Å². The molecular formula is C10H18N4O2S. The van der Waals surface area contributed by atoms with Crippen LogP contribution in [0.3, 0.4) is 0 Å². The van der Waals surface area contributed by atoms with E-state index in [1.54, 1.807) is 25.3 Å². The Labute approximate surface area is 105 Å². The van der Waals surface area contributed by atoms with Gasteiger partial charge in [-0.1, -0.05) is 11.8 Å². The van der Waals surface area contributed by atoms with Crippen molar-refractivity contribution in [1.29, 1.82) is 0 Å². The molecule has 1 N–H and O–H groups in total. The lowest BCUT2D eigenvalue weighted by molar-refractivity contribution is 0.214. The van der Waals surface area contributed by atoms with Crippen LogP contribution in [0.1, 0.15) is 12.8 Å². The first-order chi connectivity index (χ1) is 8.04. The van der Waals surface area contributed by atoms with Crippen molar-refractivity contribution in [2.75, 3.05) is 33.4 Å². The molecule has 96 valence electrons. The maximum atomic E-state index is 11.8. The first-order valence-electron chi connectivity index (χ1n) is 5.44. The van der Waals surface area contributed by atoms with Crippen molar-refractivity contribution in [3.63, 3.8) is 0 Å². The summed E-state index contributed by atoms with van der Waals surface area (Å²) in [5, 5.41) is 2.98. The van der Waals surface area contributed by atoms with Crippen molar-refractivity contribution in [3.8, 4) is 0 Å². The predicted molar refractivity (Wildman–Crippen MR) is 69.4 cm³/mol. The summed E-state index contributed by atoms with van der Waals surface area (Å²) in [6.45, 7) is 1.55. The second-order valence-electron chi connectivity index (χ2n) is 3.92. The number of carbonyl (C=O) groups is 2. The number of aliphatic imine (C=N–C) groups is 1. The Morgan fingerprint density at radius 2 is 1.88 bits per heavy atom. The molecule has 1 aliphatic heterocycles. The molecule has 0 aromatic rings. The molecule has 0 radical (unpaired) electrons. The molecule has 0 aromatic heterocycles. The summed E-state index contributed by atoms with van der Waals surface area (Å²) < 4.78 is 0. The molecule has 1 aliphatic rings. The standard InChI is InChI=1S/C10H18N4O2S/c1-13(2)9(15)11-8(17-3)12-10(16)14-6-4-5-7-14/h4-7H2,1-3H3,(H,11,12,15,16). The van der Waals surface area contributed by atoms with Gasteiger partial charge in [0.25, 0.3) is 0 Å². The maximum Gasteiger partial charge on any atom is 0.345 e. The number of nitrogens with one attached hydrogen (secondary N) is 1. The van der Waals surface area contributed by atoms with Crippen molar-refractivity contribution in [1.82, 2.24) is 15.1 Å². The summed E-state index contributed by atoms with van der Waals surface area (Å²) >= 11 is 1.25. The molecule has 17 heavy (non-hydrogen) atoms. The van der Waals surface area contributed by atoms with Crippen molar-refractivity contribution in [3.05, 3.63) is 0 Å². The highest BCUT2D eigenvalue weighted by Crippen LogP contribution is 2.08. The molecule has 0 aromatic carbocycles. The number of amidine groups is 1. The van der Waals surface area contributed by atoms with Crippen molar-refractivity contribution >= 4 is 29.0 Å². The summed E-state index contributed by atoms with van der Waals surface area (Å²) in [4.78, 5) is 30.0. The van der Waals surface area contributed by atoms with E-state index in [1.165, 1.54) is 16.7 Å². The number of thioether (sulfide) groups is 1. The van der Waals surface area contributed by atoms with E-state index in [4.69, 9.17) is 0 Å². The molecule has 1 fully saturated rings. The monoisotopic (exact) mass is 258 g/mol. The number of amides is 4. The molecule has 0 unspecified atom stereocenters. The average Bonchev–Trinajstić information content (AvgIpc) is 2.81. The van der Waals surface area contributed by atoms with Crippen LogP contribution in [0.5, 0.6) is 0 Å². The lowest BCUT2D eigenvalue weighted by Crippen LogP contribution is -2.40. The highest BCUT2D eigenvalue weighted by atomic mass is 32.2. The summed E-state index contributed by atoms with van der Waals surface area (Å²) in [7, 11) is 3.23. The van der Waals surface area contributed by atoms with Gasteiger partial charge < -0.3 is 9.80 Å². The van der Waals surface area contributed by atoms with Crippen LogP contribution in [0.4, 0.5) is 9.59 Å². The van der Waals surface area contributed by atoms with Crippen LogP contribution in [-0.4, -0.2) is 60.5 Å². The van der Waals surface area contributed by atoms with E-state index >= 15 is 0 Å². The molecular weight excluding hydrogens is 240 g/mol. The zero-order valence-corrected chi connectivity index (χ0v) is 11.2. The summed E-state index contributed by atoms with van der Waals surface area (Å²) in [6.07, 6.45) is 3.84. The van der Waals surface area contributed by atoms with E-state index in [9.17, 15) is 9.59 Å². The molecule has 0 aliphatic carbocycles. The van der Waals surface area contributed by atoms with Gasteiger partial charge in [0, 0.05) is 27.2 Å². The second-order valence-corrected chi connectivity index (χ2v) is 4.72. The van der Waals surface area contributed by atoms with E-state index in [1.807, 2.05) is 0 Å².